The van der Waals surface area contributed by atoms with E-state index in [0.29, 0.717) is 18.0 Å². The summed E-state index contributed by atoms with van der Waals surface area (Å²) in [7, 11) is 0. The van der Waals surface area contributed by atoms with Gasteiger partial charge in [0.15, 0.2) is 11.5 Å². The lowest BCUT2D eigenvalue weighted by Crippen LogP contribution is -2.19. The fourth-order valence-electron chi connectivity index (χ4n) is 2.86. The van der Waals surface area contributed by atoms with Gasteiger partial charge in [-0.25, -0.2) is 0 Å². The number of aliphatic hydroxyl groups excluding tert-OH is 1. The Labute approximate surface area is 166 Å². The highest BCUT2D eigenvalue weighted by molar-refractivity contribution is 7.12. The zero-order valence-electron chi connectivity index (χ0n) is 15.0. The number of thiophene rings is 1. The summed E-state index contributed by atoms with van der Waals surface area (Å²) in [6.45, 7) is 0.640. The van der Waals surface area contributed by atoms with Crippen molar-refractivity contribution in [3.8, 4) is 11.5 Å². The smallest absolute Gasteiger partial charge is 0.244 e. The largest absolute Gasteiger partial charge is 0.454 e. The number of amides is 1. The van der Waals surface area contributed by atoms with Crippen LogP contribution in [0.4, 0.5) is 0 Å². The van der Waals surface area contributed by atoms with Gasteiger partial charge in [-0.3, -0.25) is 4.79 Å². The van der Waals surface area contributed by atoms with Gasteiger partial charge in [-0.1, -0.05) is 36.4 Å². The van der Waals surface area contributed by atoms with Crippen LogP contribution in [-0.4, -0.2) is 17.8 Å². The van der Waals surface area contributed by atoms with Crippen LogP contribution in [0.3, 0.4) is 0 Å². The summed E-state index contributed by atoms with van der Waals surface area (Å²) in [6.07, 6.45) is 2.57. The minimum Gasteiger partial charge on any atom is -0.454 e. The highest BCUT2D eigenvalue weighted by atomic mass is 32.1. The van der Waals surface area contributed by atoms with Crippen LogP contribution in [-0.2, 0) is 11.3 Å². The van der Waals surface area contributed by atoms with Gasteiger partial charge in [0, 0.05) is 15.8 Å². The molecule has 1 atom stereocenters. The molecule has 0 aliphatic carbocycles. The zero-order valence-corrected chi connectivity index (χ0v) is 15.8. The molecule has 28 heavy (non-hydrogen) atoms. The number of rotatable bonds is 6. The molecule has 2 heterocycles. The molecule has 0 saturated carbocycles. The van der Waals surface area contributed by atoms with E-state index in [1.165, 1.54) is 17.4 Å². The summed E-state index contributed by atoms with van der Waals surface area (Å²) in [5, 5.41) is 13.3. The molecule has 0 radical (unpaired) electrons. The summed E-state index contributed by atoms with van der Waals surface area (Å²) >= 11 is 1.49. The number of carbonyl (C=O) groups is 1. The van der Waals surface area contributed by atoms with Crippen LogP contribution in [0.5, 0.6) is 11.5 Å². The molecule has 1 aliphatic heterocycles. The summed E-state index contributed by atoms with van der Waals surface area (Å²) in [6, 6.07) is 18.9. The van der Waals surface area contributed by atoms with Crippen LogP contribution in [0.15, 0.2) is 66.7 Å². The Kier molecular flexibility index (Phi) is 5.41. The molecule has 0 bridgehead atoms. The number of nitrogens with one attached hydrogen (secondary N) is 1. The Morgan fingerprint density at radius 1 is 1.11 bits per heavy atom. The van der Waals surface area contributed by atoms with Crippen molar-refractivity contribution in [3.63, 3.8) is 0 Å². The summed E-state index contributed by atoms with van der Waals surface area (Å²) in [5.41, 5.74) is 1.72. The number of aliphatic hydroxyl groups is 1. The van der Waals surface area contributed by atoms with Crippen molar-refractivity contribution in [3.05, 3.63) is 87.6 Å². The minimum atomic E-state index is -0.651. The van der Waals surface area contributed by atoms with Gasteiger partial charge >= 0.3 is 0 Å². The summed E-state index contributed by atoms with van der Waals surface area (Å²) in [4.78, 5) is 13.9. The average Bonchev–Trinajstić information content (AvgIpc) is 3.39. The number of benzene rings is 2. The average molecular weight is 393 g/mol. The van der Waals surface area contributed by atoms with Gasteiger partial charge in [0.05, 0.1) is 6.54 Å². The van der Waals surface area contributed by atoms with Crippen molar-refractivity contribution in [1.29, 1.82) is 0 Å². The molecule has 1 unspecified atom stereocenters. The van der Waals surface area contributed by atoms with Gasteiger partial charge in [0.2, 0.25) is 12.7 Å². The van der Waals surface area contributed by atoms with Crippen molar-refractivity contribution in [2.75, 3.05) is 6.79 Å². The van der Waals surface area contributed by atoms with E-state index in [0.717, 1.165) is 20.9 Å². The molecular weight excluding hydrogens is 374 g/mol. The third-order valence-electron chi connectivity index (χ3n) is 4.33. The van der Waals surface area contributed by atoms with E-state index < -0.39 is 6.10 Å². The van der Waals surface area contributed by atoms with Crippen molar-refractivity contribution < 1.29 is 19.4 Å². The number of hydrogen-bond acceptors (Lipinski definition) is 5. The highest BCUT2D eigenvalue weighted by Gasteiger charge is 2.13. The SMILES string of the molecule is O=C(/C=C/c1ccc2c(c1)OCO2)NCc1ccc(C(O)c2ccccc2)s1. The fraction of sp³-hybridized carbons (Fsp3) is 0.136. The lowest BCUT2D eigenvalue weighted by Gasteiger charge is -2.08. The molecule has 6 heteroatoms. The van der Waals surface area contributed by atoms with Gasteiger partial charge in [0.25, 0.3) is 0 Å². The maximum atomic E-state index is 12.1. The normalized spacial score (nSPS) is 13.6. The predicted octanol–water partition coefficient (Wildman–Crippen LogP) is 3.89. The molecule has 4 rings (SSSR count). The minimum absolute atomic E-state index is 0.184. The first-order valence-corrected chi connectivity index (χ1v) is 9.68. The Bertz CT molecular complexity index is 997. The van der Waals surface area contributed by atoms with E-state index in [-0.39, 0.29) is 12.7 Å². The van der Waals surface area contributed by atoms with Crippen LogP contribution in [0.25, 0.3) is 6.08 Å². The lowest BCUT2D eigenvalue weighted by atomic mass is 10.1. The van der Waals surface area contributed by atoms with Crippen LogP contribution in [0.2, 0.25) is 0 Å². The quantitative estimate of drug-likeness (QED) is 0.624. The van der Waals surface area contributed by atoms with Crippen molar-refractivity contribution >= 4 is 23.3 Å². The Balaban J connectivity index is 1.32. The Morgan fingerprint density at radius 2 is 1.93 bits per heavy atom. The zero-order chi connectivity index (χ0) is 19.3. The summed E-state index contributed by atoms with van der Waals surface area (Å²) < 4.78 is 10.6. The Hall–Kier alpha value is -3.09. The standard InChI is InChI=1S/C22H19NO4S/c24-21(11-7-15-6-9-18-19(12-15)27-14-26-18)23-13-17-8-10-20(28-17)22(25)16-4-2-1-3-5-16/h1-12,22,25H,13-14H2,(H,23,24)/b11-7+. The van der Waals surface area contributed by atoms with E-state index in [1.54, 1.807) is 6.08 Å². The first-order valence-electron chi connectivity index (χ1n) is 8.86. The second kappa shape index (κ2) is 8.29. The molecule has 1 amide bonds. The predicted molar refractivity (Wildman–Crippen MR) is 108 cm³/mol. The molecule has 0 spiro atoms. The summed E-state index contributed by atoms with van der Waals surface area (Å²) in [5.74, 6) is 1.22. The van der Waals surface area contributed by atoms with E-state index in [9.17, 15) is 9.90 Å². The molecule has 3 aromatic rings. The molecular formula is C22H19NO4S. The van der Waals surface area contributed by atoms with Gasteiger partial charge < -0.3 is 19.9 Å². The number of carbonyl (C=O) groups excluding carboxylic acids is 1. The molecule has 1 aliphatic rings. The Morgan fingerprint density at radius 3 is 2.79 bits per heavy atom. The molecule has 2 aromatic carbocycles. The molecule has 0 fully saturated rings. The first kappa shape index (κ1) is 18.3. The van der Waals surface area contributed by atoms with Gasteiger partial charge in [-0.2, -0.15) is 0 Å². The van der Waals surface area contributed by atoms with Crippen LogP contribution >= 0.6 is 11.3 Å². The molecule has 1 aromatic heterocycles. The number of fused-ring (bicyclic) bond motifs is 1. The van der Waals surface area contributed by atoms with E-state index in [1.807, 2.05) is 60.7 Å². The third kappa shape index (κ3) is 4.24. The van der Waals surface area contributed by atoms with E-state index in [2.05, 4.69) is 5.32 Å². The van der Waals surface area contributed by atoms with Crippen molar-refractivity contribution in [2.24, 2.45) is 0 Å². The molecule has 2 N–H and O–H groups in total. The van der Waals surface area contributed by atoms with Crippen molar-refractivity contribution in [1.82, 2.24) is 5.32 Å². The topological polar surface area (TPSA) is 67.8 Å². The monoisotopic (exact) mass is 393 g/mol. The molecule has 142 valence electrons. The van der Waals surface area contributed by atoms with Crippen LogP contribution in [0.1, 0.15) is 27.0 Å². The van der Waals surface area contributed by atoms with Crippen molar-refractivity contribution in [2.45, 2.75) is 12.6 Å². The first-order chi connectivity index (χ1) is 13.7. The second-order valence-corrected chi connectivity index (χ2v) is 7.48. The third-order valence-corrected chi connectivity index (χ3v) is 5.47. The second-order valence-electron chi connectivity index (χ2n) is 6.28. The fourth-order valence-corrected chi connectivity index (χ4v) is 3.82. The maximum Gasteiger partial charge on any atom is 0.244 e. The number of ether oxygens (including phenoxy) is 2. The van der Waals surface area contributed by atoms with E-state index in [4.69, 9.17) is 9.47 Å². The van der Waals surface area contributed by atoms with Gasteiger partial charge in [-0.05, 0) is 41.5 Å². The van der Waals surface area contributed by atoms with Crippen LogP contribution < -0.4 is 14.8 Å². The van der Waals surface area contributed by atoms with Gasteiger partial charge in [-0.15, -0.1) is 11.3 Å². The molecule has 0 saturated heterocycles. The van der Waals surface area contributed by atoms with E-state index >= 15 is 0 Å². The molecule has 5 nitrogen and oxygen atoms in total. The highest BCUT2D eigenvalue weighted by Crippen LogP contribution is 2.32. The number of hydrogen-bond donors (Lipinski definition) is 2. The maximum absolute atomic E-state index is 12.1. The van der Waals surface area contributed by atoms with Gasteiger partial charge in [0.1, 0.15) is 6.10 Å². The van der Waals surface area contributed by atoms with Crippen LogP contribution in [0, 0.1) is 0 Å². The lowest BCUT2D eigenvalue weighted by molar-refractivity contribution is -0.116.